The number of imidazole rings is 1. The van der Waals surface area contributed by atoms with Gasteiger partial charge in [0.15, 0.2) is 0 Å². The van der Waals surface area contributed by atoms with E-state index >= 15 is 0 Å². The van der Waals surface area contributed by atoms with Crippen LogP contribution < -0.4 is 11.5 Å². The number of amides is 1. The third-order valence-corrected chi connectivity index (χ3v) is 1.42. The molecular formula is C7H12N4O. The Kier molecular flexibility index (Phi) is 2.44. The summed E-state index contributed by atoms with van der Waals surface area (Å²) in [6.45, 7) is 1.88. The molecule has 0 aliphatic carbocycles. The molecule has 5 nitrogen and oxygen atoms in total. The molecule has 0 saturated heterocycles. The second-order valence-corrected chi connectivity index (χ2v) is 2.79. The number of carbonyl (C=O) groups excluding carboxylic acids is 1. The van der Waals surface area contributed by atoms with Gasteiger partial charge < -0.3 is 11.5 Å². The van der Waals surface area contributed by atoms with Crippen molar-refractivity contribution in [3.63, 3.8) is 0 Å². The van der Waals surface area contributed by atoms with Crippen molar-refractivity contribution in [3.8, 4) is 0 Å². The minimum absolute atomic E-state index is 0.0428. The standard InChI is InChI=1S/C7H12N4O/c1-5(8)2-6-3-11(4-10-6)7(9)12/h3-5H,2,8H2,1H3,(H2,9,12)/t5-/m1/s1. The first kappa shape index (κ1) is 8.73. The maximum atomic E-state index is 10.6. The third kappa shape index (κ3) is 2.06. The van der Waals surface area contributed by atoms with E-state index in [9.17, 15) is 4.79 Å². The lowest BCUT2D eigenvalue weighted by atomic mass is 10.2. The molecule has 1 rings (SSSR count). The molecule has 5 heteroatoms. The van der Waals surface area contributed by atoms with E-state index in [4.69, 9.17) is 11.5 Å². The highest BCUT2D eigenvalue weighted by atomic mass is 16.2. The first-order valence-electron chi connectivity index (χ1n) is 3.68. The van der Waals surface area contributed by atoms with Crippen LogP contribution in [0.15, 0.2) is 12.5 Å². The Bertz CT molecular complexity index is 279. The molecule has 4 N–H and O–H groups in total. The molecule has 66 valence electrons. The highest BCUT2D eigenvalue weighted by Gasteiger charge is 2.03. The van der Waals surface area contributed by atoms with Crippen LogP contribution in [0.4, 0.5) is 4.79 Å². The maximum Gasteiger partial charge on any atom is 0.324 e. The van der Waals surface area contributed by atoms with Gasteiger partial charge in [0.2, 0.25) is 0 Å². The molecule has 0 aliphatic rings. The fraction of sp³-hybridized carbons (Fsp3) is 0.429. The van der Waals surface area contributed by atoms with Crippen molar-refractivity contribution < 1.29 is 4.79 Å². The second kappa shape index (κ2) is 3.36. The summed E-state index contributed by atoms with van der Waals surface area (Å²) in [6.07, 6.45) is 3.63. The van der Waals surface area contributed by atoms with Gasteiger partial charge in [-0.3, -0.25) is 4.57 Å². The Hall–Kier alpha value is -1.36. The number of nitrogens with two attached hydrogens (primary N) is 2. The fourth-order valence-electron chi connectivity index (χ4n) is 0.919. The Morgan fingerprint density at radius 1 is 1.83 bits per heavy atom. The van der Waals surface area contributed by atoms with Crippen LogP contribution in [0.2, 0.25) is 0 Å². The van der Waals surface area contributed by atoms with Crippen LogP contribution in [0.1, 0.15) is 12.6 Å². The number of primary amides is 1. The second-order valence-electron chi connectivity index (χ2n) is 2.79. The molecule has 12 heavy (non-hydrogen) atoms. The summed E-state index contributed by atoms with van der Waals surface area (Å²) in [6, 6.07) is -0.486. The average molecular weight is 168 g/mol. The van der Waals surface area contributed by atoms with Crippen LogP contribution in [0.3, 0.4) is 0 Å². The number of rotatable bonds is 2. The summed E-state index contributed by atoms with van der Waals surface area (Å²) in [5.41, 5.74) is 11.3. The number of carbonyl (C=O) groups is 1. The molecule has 1 aromatic rings. The number of aromatic nitrogens is 2. The molecule has 1 amide bonds. The van der Waals surface area contributed by atoms with Crippen molar-refractivity contribution in [2.24, 2.45) is 11.5 Å². The summed E-state index contributed by atoms with van der Waals surface area (Å²) in [5, 5.41) is 0. The molecule has 0 bridgehead atoms. The van der Waals surface area contributed by atoms with Crippen LogP contribution >= 0.6 is 0 Å². The lowest BCUT2D eigenvalue weighted by molar-refractivity contribution is 0.250. The van der Waals surface area contributed by atoms with E-state index < -0.39 is 6.03 Å². The Balaban J connectivity index is 2.71. The van der Waals surface area contributed by atoms with Crippen molar-refractivity contribution in [2.75, 3.05) is 0 Å². The van der Waals surface area contributed by atoms with Gasteiger partial charge in [0, 0.05) is 18.7 Å². The molecule has 0 spiro atoms. The summed E-state index contributed by atoms with van der Waals surface area (Å²) >= 11 is 0. The topological polar surface area (TPSA) is 86.9 Å². The molecule has 0 aliphatic heterocycles. The summed E-state index contributed by atoms with van der Waals surface area (Å²) in [7, 11) is 0. The average Bonchev–Trinajstić information content (AvgIpc) is 2.34. The van der Waals surface area contributed by atoms with Crippen molar-refractivity contribution in [1.82, 2.24) is 9.55 Å². The highest BCUT2D eigenvalue weighted by Crippen LogP contribution is 1.98. The van der Waals surface area contributed by atoms with Gasteiger partial charge in [-0.25, -0.2) is 9.78 Å². The van der Waals surface area contributed by atoms with E-state index in [1.807, 2.05) is 6.92 Å². The lowest BCUT2D eigenvalue weighted by Gasteiger charge is -1.99. The first-order chi connectivity index (χ1) is 5.59. The van der Waals surface area contributed by atoms with Gasteiger partial charge in [0.25, 0.3) is 0 Å². The van der Waals surface area contributed by atoms with Gasteiger partial charge in [0.05, 0.1) is 5.69 Å². The van der Waals surface area contributed by atoms with Gasteiger partial charge in [0.1, 0.15) is 6.33 Å². The molecule has 1 heterocycles. The predicted molar refractivity (Wildman–Crippen MR) is 44.6 cm³/mol. The van der Waals surface area contributed by atoms with Crippen molar-refractivity contribution in [3.05, 3.63) is 18.2 Å². The molecule has 0 fully saturated rings. The molecule has 0 radical (unpaired) electrons. The van der Waals surface area contributed by atoms with Crippen LogP contribution in [0.25, 0.3) is 0 Å². The number of nitrogens with zero attached hydrogens (tertiary/aromatic N) is 2. The highest BCUT2D eigenvalue weighted by molar-refractivity contribution is 5.74. The fourth-order valence-corrected chi connectivity index (χ4v) is 0.919. The van der Waals surface area contributed by atoms with Gasteiger partial charge in [-0.1, -0.05) is 0 Å². The minimum Gasteiger partial charge on any atom is -0.351 e. The van der Waals surface area contributed by atoms with Crippen molar-refractivity contribution in [2.45, 2.75) is 19.4 Å². The molecular weight excluding hydrogens is 156 g/mol. The molecule has 0 aromatic carbocycles. The summed E-state index contributed by atoms with van der Waals surface area (Å²) in [4.78, 5) is 14.6. The van der Waals surface area contributed by atoms with E-state index in [1.165, 1.54) is 10.9 Å². The monoisotopic (exact) mass is 168 g/mol. The van der Waals surface area contributed by atoms with Crippen LogP contribution in [-0.4, -0.2) is 21.6 Å². The zero-order chi connectivity index (χ0) is 9.14. The maximum absolute atomic E-state index is 10.6. The summed E-state index contributed by atoms with van der Waals surface area (Å²) in [5.74, 6) is 0. The predicted octanol–water partition coefficient (Wildman–Crippen LogP) is -0.300. The van der Waals surface area contributed by atoms with Crippen molar-refractivity contribution >= 4 is 6.03 Å². The smallest absolute Gasteiger partial charge is 0.324 e. The first-order valence-corrected chi connectivity index (χ1v) is 3.68. The van der Waals surface area contributed by atoms with Crippen LogP contribution in [0.5, 0.6) is 0 Å². The summed E-state index contributed by atoms with van der Waals surface area (Å²) < 4.78 is 1.23. The normalized spacial score (nSPS) is 12.8. The molecule has 0 unspecified atom stereocenters. The van der Waals surface area contributed by atoms with E-state index in [1.54, 1.807) is 6.20 Å². The van der Waals surface area contributed by atoms with E-state index in [-0.39, 0.29) is 6.04 Å². The van der Waals surface area contributed by atoms with E-state index in [0.717, 1.165) is 5.69 Å². The van der Waals surface area contributed by atoms with Crippen LogP contribution in [-0.2, 0) is 6.42 Å². The van der Waals surface area contributed by atoms with Gasteiger partial charge in [-0.05, 0) is 6.92 Å². The molecule has 0 saturated carbocycles. The quantitative estimate of drug-likeness (QED) is 0.635. The Morgan fingerprint density at radius 3 is 2.92 bits per heavy atom. The van der Waals surface area contributed by atoms with E-state index in [2.05, 4.69) is 4.98 Å². The Labute approximate surface area is 70.4 Å². The van der Waals surface area contributed by atoms with E-state index in [0.29, 0.717) is 6.42 Å². The number of hydrogen-bond donors (Lipinski definition) is 2. The zero-order valence-electron chi connectivity index (χ0n) is 6.90. The SMILES string of the molecule is C[C@@H](N)Cc1cn(C(N)=O)cn1. The lowest BCUT2D eigenvalue weighted by Crippen LogP contribution is -2.19. The molecule has 1 atom stereocenters. The molecule has 1 aromatic heterocycles. The van der Waals surface area contributed by atoms with Gasteiger partial charge in [-0.15, -0.1) is 0 Å². The Morgan fingerprint density at radius 2 is 2.50 bits per heavy atom. The van der Waals surface area contributed by atoms with Gasteiger partial charge >= 0.3 is 6.03 Å². The third-order valence-electron chi connectivity index (χ3n) is 1.42. The zero-order valence-corrected chi connectivity index (χ0v) is 6.90. The minimum atomic E-state index is -0.529. The van der Waals surface area contributed by atoms with Crippen LogP contribution in [0, 0.1) is 0 Å². The van der Waals surface area contributed by atoms with Gasteiger partial charge in [-0.2, -0.15) is 0 Å². The van der Waals surface area contributed by atoms with Crippen molar-refractivity contribution in [1.29, 1.82) is 0 Å². The largest absolute Gasteiger partial charge is 0.351 e. The number of hydrogen-bond acceptors (Lipinski definition) is 3.